The van der Waals surface area contributed by atoms with Gasteiger partial charge in [0.1, 0.15) is 11.5 Å². The van der Waals surface area contributed by atoms with Crippen LogP contribution in [0.5, 0.6) is 11.5 Å². The molecule has 0 bridgehead atoms. The highest BCUT2D eigenvalue weighted by molar-refractivity contribution is 5.90. The maximum absolute atomic E-state index is 10.7. The molecule has 0 saturated heterocycles. The van der Waals surface area contributed by atoms with E-state index in [0.29, 0.717) is 30.1 Å². The zero-order valence-corrected chi connectivity index (χ0v) is 11.2. The van der Waals surface area contributed by atoms with E-state index in [0.717, 1.165) is 0 Å². The van der Waals surface area contributed by atoms with Gasteiger partial charge < -0.3 is 20.3 Å². The van der Waals surface area contributed by atoms with Crippen LogP contribution in [0.4, 0.5) is 0 Å². The number of ether oxygens (including phenoxy) is 2. The Morgan fingerprint density at radius 2 is 2.15 bits per heavy atom. The first-order valence-electron chi connectivity index (χ1n) is 6.03. The van der Waals surface area contributed by atoms with Gasteiger partial charge in [0, 0.05) is 24.1 Å². The first kappa shape index (κ1) is 15.6. The largest absolute Gasteiger partial charge is 0.496 e. The molecule has 1 amide bonds. The Balaban J connectivity index is 2.67. The van der Waals surface area contributed by atoms with Crippen molar-refractivity contribution in [1.29, 1.82) is 0 Å². The molecule has 6 nitrogen and oxygen atoms in total. The normalized spacial score (nSPS) is 10.4. The summed E-state index contributed by atoms with van der Waals surface area (Å²) in [6.07, 6.45) is 3.29. The van der Waals surface area contributed by atoms with Crippen molar-refractivity contribution < 1.29 is 24.2 Å². The fourth-order valence-electron chi connectivity index (χ4n) is 1.50. The third-order valence-electron chi connectivity index (χ3n) is 2.44. The Bertz CT molecular complexity index is 510. The third kappa shape index (κ3) is 5.43. The summed E-state index contributed by atoms with van der Waals surface area (Å²) >= 11 is 0. The molecular formula is C14H17NO5. The fraction of sp³-hybridized carbons (Fsp3) is 0.286. The number of aliphatic carboxylic acids is 1. The van der Waals surface area contributed by atoms with Gasteiger partial charge in [-0.3, -0.25) is 9.59 Å². The maximum Gasteiger partial charge on any atom is 0.303 e. The molecule has 0 saturated carbocycles. The van der Waals surface area contributed by atoms with E-state index in [1.807, 2.05) is 0 Å². The predicted molar refractivity (Wildman–Crippen MR) is 73.6 cm³/mol. The number of hydrogen-bond acceptors (Lipinski definition) is 4. The van der Waals surface area contributed by atoms with Crippen molar-refractivity contribution in [1.82, 2.24) is 0 Å². The number of hydrogen-bond donors (Lipinski definition) is 2. The summed E-state index contributed by atoms with van der Waals surface area (Å²) in [7, 11) is 1.51. The fourth-order valence-corrected chi connectivity index (χ4v) is 1.50. The van der Waals surface area contributed by atoms with E-state index >= 15 is 0 Å². The Hall–Kier alpha value is -2.50. The van der Waals surface area contributed by atoms with Crippen LogP contribution in [0.25, 0.3) is 6.08 Å². The SMILES string of the molecule is COc1cc(OCCCC(=O)O)ccc1/C=C/C(N)=O. The van der Waals surface area contributed by atoms with Crippen molar-refractivity contribution in [2.75, 3.05) is 13.7 Å². The molecule has 108 valence electrons. The van der Waals surface area contributed by atoms with Gasteiger partial charge in [-0.25, -0.2) is 0 Å². The molecule has 6 heteroatoms. The molecule has 0 aliphatic heterocycles. The molecule has 3 N–H and O–H groups in total. The highest BCUT2D eigenvalue weighted by Crippen LogP contribution is 2.25. The third-order valence-corrected chi connectivity index (χ3v) is 2.44. The number of carbonyl (C=O) groups excluding carboxylic acids is 1. The molecule has 0 atom stereocenters. The first-order chi connectivity index (χ1) is 9.52. The summed E-state index contributed by atoms with van der Waals surface area (Å²) in [5, 5.41) is 8.51. The highest BCUT2D eigenvalue weighted by Gasteiger charge is 2.04. The van der Waals surface area contributed by atoms with Crippen molar-refractivity contribution in [3.05, 3.63) is 29.8 Å². The number of rotatable bonds is 8. The van der Waals surface area contributed by atoms with Gasteiger partial charge >= 0.3 is 5.97 Å². The Morgan fingerprint density at radius 3 is 2.75 bits per heavy atom. The van der Waals surface area contributed by atoms with Gasteiger partial charge in [0.05, 0.1) is 13.7 Å². The highest BCUT2D eigenvalue weighted by atomic mass is 16.5. The minimum atomic E-state index is -0.849. The average Bonchev–Trinajstić information content (AvgIpc) is 2.41. The van der Waals surface area contributed by atoms with E-state index in [4.69, 9.17) is 20.3 Å². The second kappa shape index (κ2) is 7.83. The summed E-state index contributed by atoms with van der Waals surface area (Å²) in [5.41, 5.74) is 5.73. The molecule has 0 spiro atoms. The summed E-state index contributed by atoms with van der Waals surface area (Å²) < 4.78 is 10.6. The van der Waals surface area contributed by atoms with Gasteiger partial charge in [0.25, 0.3) is 0 Å². The second-order valence-electron chi connectivity index (χ2n) is 3.99. The lowest BCUT2D eigenvalue weighted by Crippen LogP contribution is -2.05. The molecule has 1 aromatic rings. The van der Waals surface area contributed by atoms with Crippen LogP contribution >= 0.6 is 0 Å². The van der Waals surface area contributed by atoms with Crippen LogP contribution in [-0.4, -0.2) is 30.7 Å². The Kier molecular flexibility index (Phi) is 6.09. The van der Waals surface area contributed by atoms with Crippen LogP contribution < -0.4 is 15.2 Å². The Labute approximate surface area is 116 Å². The van der Waals surface area contributed by atoms with Crippen molar-refractivity contribution in [2.24, 2.45) is 5.73 Å². The zero-order chi connectivity index (χ0) is 15.0. The lowest BCUT2D eigenvalue weighted by atomic mass is 10.1. The molecule has 0 fully saturated rings. The van der Waals surface area contributed by atoms with E-state index in [2.05, 4.69) is 0 Å². The summed E-state index contributed by atoms with van der Waals surface area (Å²) in [4.78, 5) is 21.1. The van der Waals surface area contributed by atoms with Crippen LogP contribution in [-0.2, 0) is 9.59 Å². The molecular weight excluding hydrogens is 262 g/mol. The second-order valence-corrected chi connectivity index (χ2v) is 3.99. The zero-order valence-electron chi connectivity index (χ0n) is 11.2. The van der Waals surface area contributed by atoms with Crippen molar-refractivity contribution in [3.8, 4) is 11.5 Å². The van der Waals surface area contributed by atoms with E-state index < -0.39 is 11.9 Å². The molecule has 0 radical (unpaired) electrons. The van der Waals surface area contributed by atoms with Crippen molar-refractivity contribution in [3.63, 3.8) is 0 Å². The molecule has 0 aromatic heterocycles. The maximum atomic E-state index is 10.7. The minimum Gasteiger partial charge on any atom is -0.496 e. The van der Waals surface area contributed by atoms with Crippen LogP contribution in [0.3, 0.4) is 0 Å². The van der Waals surface area contributed by atoms with Crippen LogP contribution in [0, 0.1) is 0 Å². The van der Waals surface area contributed by atoms with E-state index in [9.17, 15) is 9.59 Å². The van der Waals surface area contributed by atoms with Gasteiger partial charge in [0.15, 0.2) is 0 Å². The summed E-state index contributed by atoms with van der Waals surface area (Å²) in [6, 6.07) is 5.11. The number of benzene rings is 1. The van der Waals surface area contributed by atoms with Crippen LogP contribution in [0.2, 0.25) is 0 Å². The quantitative estimate of drug-likeness (QED) is 0.554. The summed E-state index contributed by atoms with van der Waals surface area (Å²) in [6.45, 7) is 0.311. The molecule has 0 aliphatic rings. The molecule has 1 rings (SSSR count). The van der Waals surface area contributed by atoms with Gasteiger partial charge in [-0.1, -0.05) is 0 Å². The van der Waals surface area contributed by atoms with Crippen LogP contribution in [0.1, 0.15) is 18.4 Å². The van der Waals surface area contributed by atoms with Crippen LogP contribution in [0.15, 0.2) is 24.3 Å². The Morgan fingerprint density at radius 1 is 1.40 bits per heavy atom. The number of methoxy groups -OCH3 is 1. The van der Waals surface area contributed by atoms with Gasteiger partial charge in [-0.2, -0.15) is 0 Å². The van der Waals surface area contributed by atoms with E-state index in [-0.39, 0.29) is 6.42 Å². The van der Waals surface area contributed by atoms with Crippen molar-refractivity contribution in [2.45, 2.75) is 12.8 Å². The van der Waals surface area contributed by atoms with Crippen molar-refractivity contribution >= 4 is 18.0 Å². The van der Waals surface area contributed by atoms with Gasteiger partial charge in [-0.05, 0) is 24.6 Å². The molecule has 20 heavy (non-hydrogen) atoms. The number of carboxylic acids is 1. The van der Waals surface area contributed by atoms with E-state index in [1.54, 1.807) is 24.3 Å². The van der Waals surface area contributed by atoms with E-state index in [1.165, 1.54) is 13.2 Å². The summed E-state index contributed by atoms with van der Waals surface area (Å²) in [5.74, 6) is -0.277. The molecule has 0 heterocycles. The predicted octanol–water partition coefficient (Wildman–Crippen LogP) is 1.44. The smallest absolute Gasteiger partial charge is 0.303 e. The average molecular weight is 279 g/mol. The lowest BCUT2D eigenvalue weighted by molar-refractivity contribution is -0.137. The van der Waals surface area contributed by atoms with Gasteiger partial charge in [-0.15, -0.1) is 0 Å². The number of carboxylic acid groups (broad SMARTS) is 1. The number of nitrogens with two attached hydrogens (primary N) is 1. The molecule has 1 aromatic carbocycles. The standard InChI is InChI=1S/C14H17NO5/c1-19-12-9-11(20-8-2-3-14(17)18)6-4-10(12)5-7-13(15)16/h4-7,9H,2-3,8H2,1H3,(H2,15,16)(H,17,18)/b7-5+. The minimum absolute atomic E-state index is 0.0660. The number of amides is 1. The van der Waals surface area contributed by atoms with Gasteiger partial charge in [0.2, 0.25) is 5.91 Å². The molecule has 0 aliphatic carbocycles. The topological polar surface area (TPSA) is 98.8 Å². The monoisotopic (exact) mass is 279 g/mol. The number of primary amides is 1. The lowest BCUT2D eigenvalue weighted by Gasteiger charge is -2.09. The molecule has 0 unspecified atom stereocenters. The number of carbonyl (C=O) groups is 2. The first-order valence-corrected chi connectivity index (χ1v) is 6.03.